The highest BCUT2D eigenvalue weighted by molar-refractivity contribution is 5.77. The fourth-order valence-corrected chi connectivity index (χ4v) is 2.75. The molecule has 110 valence electrons. The normalized spacial score (nSPS) is 19.6. The molecular weight excluding hydrogens is 250 g/mol. The lowest BCUT2D eigenvalue weighted by atomic mass is 9.94. The molecule has 1 aromatic carbocycles. The molecule has 1 unspecified atom stereocenters. The fourth-order valence-electron chi connectivity index (χ4n) is 2.75. The summed E-state index contributed by atoms with van der Waals surface area (Å²) in [5.74, 6) is 0.0952. The van der Waals surface area contributed by atoms with Crippen molar-refractivity contribution in [2.45, 2.75) is 57.6 Å². The minimum atomic E-state index is -0.229. The predicted octanol–water partition coefficient (Wildman–Crippen LogP) is 3.08. The van der Waals surface area contributed by atoms with Crippen molar-refractivity contribution >= 4 is 5.91 Å². The largest absolute Gasteiger partial charge is 0.378 e. The van der Waals surface area contributed by atoms with E-state index in [0.717, 1.165) is 25.9 Å². The number of amides is 1. The summed E-state index contributed by atoms with van der Waals surface area (Å²) in [5.41, 5.74) is 1.01. The molecule has 1 aliphatic rings. The average Bonchev–Trinajstić information content (AvgIpc) is 2.39. The Balaban J connectivity index is 1.82. The van der Waals surface area contributed by atoms with Gasteiger partial charge in [0.15, 0.2) is 0 Å². The highest BCUT2D eigenvalue weighted by Gasteiger charge is 2.24. The molecule has 0 spiro atoms. The molecule has 20 heavy (non-hydrogen) atoms. The summed E-state index contributed by atoms with van der Waals surface area (Å²) < 4.78 is 5.62. The Kier molecular flexibility index (Phi) is 5.18. The van der Waals surface area contributed by atoms with E-state index in [9.17, 15) is 4.79 Å². The van der Waals surface area contributed by atoms with E-state index in [1.54, 1.807) is 0 Å². The first-order valence-electron chi connectivity index (χ1n) is 7.52. The smallest absolute Gasteiger partial charge is 0.223 e. The molecule has 3 nitrogen and oxygen atoms in total. The standard InChI is InChI=1S/C17H25NO2/c1-17(2,13-14-8-4-3-5-9-14)18-16(19)12-15-10-6-7-11-20-15/h3-5,8-9,15H,6-7,10-13H2,1-2H3,(H,18,19). The van der Waals surface area contributed by atoms with Crippen LogP contribution in [0.4, 0.5) is 0 Å². The maximum atomic E-state index is 12.1. The Morgan fingerprint density at radius 2 is 2.05 bits per heavy atom. The number of carbonyl (C=O) groups is 1. The van der Waals surface area contributed by atoms with Gasteiger partial charge in [0.2, 0.25) is 5.91 Å². The van der Waals surface area contributed by atoms with Crippen molar-refractivity contribution in [1.82, 2.24) is 5.32 Å². The molecule has 1 heterocycles. The Morgan fingerprint density at radius 3 is 2.70 bits per heavy atom. The van der Waals surface area contributed by atoms with Crippen LogP contribution in [0.15, 0.2) is 30.3 Å². The third kappa shape index (κ3) is 4.97. The first-order valence-corrected chi connectivity index (χ1v) is 7.52. The highest BCUT2D eigenvalue weighted by atomic mass is 16.5. The van der Waals surface area contributed by atoms with Crippen LogP contribution in [0.2, 0.25) is 0 Å². The van der Waals surface area contributed by atoms with Gasteiger partial charge in [0.05, 0.1) is 12.5 Å². The van der Waals surface area contributed by atoms with Crippen molar-refractivity contribution in [3.63, 3.8) is 0 Å². The molecule has 0 aliphatic carbocycles. The molecule has 1 aromatic rings. The number of benzene rings is 1. The van der Waals surface area contributed by atoms with Gasteiger partial charge >= 0.3 is 0 Å². The van der Waals surface area contributed by atoms with Gasteiger partial charge in [-0.05, 0) is 45.1 Å². The van der Waals surface area contributed by atoms with Crippen LogP contribution in [0.25, 0.3) is 0 Å². The van der Waals surface area contributed by atoms with E-state index in [-0.39, 0.29) is 17.6 Å². The lowest BCUT2D eigenvalue weighted by molar-refractivity contribution is -0.126. The quantitative estimate of drug-likeness (QED) is 0.897. The Morgan fingerprint density at radius 1 is 1.30 bits per heavy atom. The van der Waals surface area contributed by atoms with Gasteiger partial charge in [0.1, 0.15) is 0 Å². The summed E-state index contributed by atoms with van der Waals surface area (Å²) in [5, 5.41) is 3.13. The number of rotatable bonds is 5. The number of carbonyl (C=O) groups excluding carboxylic acids is 1. The molecule has 1 fully saturated rings. The minimum Gasteiger partial charge on any atom is -0.378 e. The minimum absolute atomic E-state index is 0.0952. The van der Waals surface area contributed by atoms with Gasteiger partial charge in [-0.15, -0.1) is 0 Å². The Hall–Kier alpha value is -1.35. The molecule has 3 heteroatoms. The summed E-state index contributed by atoms with van der Waals surface area (Å²) in [4.78, 5) is 12.1. The van der Waals surface area contributed by atoms with Crippen LogP contribution in [0.1, 0.15) is 45.1 Å². The van der Waals surface area contributed by atoms with E-state index in [2.05, 4.69) is 31.3 Å². The van der Waals surface area contributed by atoms with Crippen molar-refractivity contribution in [1.29, 1.82) is 0 Å². The molecular formula is C17H25NO2. The molecule has 0 radical (unpaired) electrons. The van der Waals surface area contributed by atoms with Crippen LogP contribution in [0.5, 0.6) is 0 Å². The molecule has 0 aromatic heterocycles. The topological polar surface area (TPSA) is 38.3 Å². The first-order chi connectivity index (χ1) is 9.55. The lowest BCUT2D eigenvalue weighted by Crippen LogP contribution is -2.46. The molecule has 1 atom stereocenters. The van der Waals surface area contributed by atoms with Crippen LogP contribution in [0, 0.1) is 0 Å². The van der Waals surface area contributed by atoms with Gasteiger partial charge in [-0.2, -0.15) is 0 Å². The van der Waals surface area contributed by atoms with Gasteiger partial charge in [0.25, 0.3) is 0 Å². The maximum absolute atomic E-state index is 12.1. The van der Waals surface area contributed by atoms with E-state index in [4.69, 9.17) is 4.74 Å². The van der Waals surface area contributed by atoms with Gasteiger partial charge in [0, 0.05) is 12.1 Å². The zero-order valence-corrected chi connectivity index (χ0v) is 12.5. The van der Waals surface area contributed by atoms with Crippen LogP contribution in [-0.4, -0.2) is 24.2 Å². The second kappa shape index (κ2) is 6.89. The van der Waals surface area contributed by atoms with E-state index < -0.39 is 0 Å². The Labute approximate surface area is 121 Å². The van der Waals surface area contributed by atoms with Gasteiger partial charge < -0.3 is 10.1 Å². The summed E-state index contributed by atoms with van der Waals surface area (Å²) in [6, 6.07) is 10.3. The first kappa shape index (κ1) is 15.0. The zero-order valence-electron chi connectivity index (χ0n) is 12.5. The summed E-state index contributed by atoms with van der Waals surface area (Å²) in [6.45, 7) is 4.94. The molecule has 1 aliphatic heterocycles. The Bertz CT molecular complexity index is 422. The predicted molar refractivity (Wildman–Crippen MR) is 80.6 cm³/mol. The average molecular weight is 275 g/mol. The van der Waals surface area contributed by atoms with E-state index >= 15 is 0 Å². The monoisotopic (exact) mass is 275 g/mol. The SMILES string of the molecule is CC(C)(Cc1ccccc1)NC(=O)CC1CCCCO1. The number of hydrogen-bond acceptors (Lipinski definition) is 2. The summed E-state index contributed by atoms with van der Waals surface area (Å²) in [6.07, 6.45) is 4.73. The third-order valence-electron chi connectivity index (χ3n) is 3.65. The van der Waals surface area contributed by atoms with Crippen molar-refractivity contribution < 1.29 is 9.53 Å². The van der Waals surface area contributed by atoms with Crippen LogP contribution in [-0.2, 0) is 16.0 Å². The zero-order chi connectivity index (χ0) is 14.4. The van der Waals surface area contributed by atoms with Crippen molar-refractivity contribution in [2.75, 3.05) is 6.61 Å². The second-order valence-electron chi connectivity index (χ2n) is 6.29. The number of hydrogen-bond donors (Lipinski definition) is 1. The highest BCUT2D eigenvalue weighted by Crippen LogP contribution is 2.17. The molecule has 2 rings (SSSR count). The molecule has 0 bridgehead atoms. The number of nitrogens with one attached hydrogen (secondary N) is 1. The second-order valence-corrected chi connectivity index (χ2v) is 6.29. The van der Waals surface area contributed by atoms with E-state index in [1.807, 2.05) is 18.2 Å². The van der Waals surface area contributed by atoms with Crippen molar-refractivity contribution in [3.05, 3.63) is 35.9 Å². The van der Waals surface area contributed by atoms with Crippen LogP contribution in [0.3, 0.4) is 0 Å². The molecule has 0 saturated carbocycles. The summed E-state index contributed by atoms with van der Waals surface area (Å²) in [7, 11) is 0. The third-order valence-corrected chi connectivity index (χ3v) is 3.65. The van der Waals surface area contributed by atoms with Gasteiger partial charge in [-0.25, -0.2) is 0 Å². The lowest BCUT2D eigenvalue weighted by Gasteiger charge is -2.28. The molecule has 1 amide bonds. The number of ether oxygens (including phenoxy) is 1. The van der Waals surface area contributed by atoms with Gasteiger partial charge in [-0.3, -0.25) is 4.79 Å². The fraction of sp³-hybridized carbons (Fsp3) is 0.588. The van der Waals surface area contributed by atoms with Gasteiger partial charge in [-0.1, -0.05) is 30.3 Å². The van der Waals surface area contributed by atoms with Crippen molar-refractivity contribution in [2.24, 2.45) is 0 Å². The van der Waals surface area contributed by atoms with Crippen LogP contribution < -0.4 is 5.32 Å². The molecule has 1 saturated heterocycles. The van der Waals surface area contributed by atoms with E-state index in [1.165, 1.54) is 12.0 Å². The van der Waals surface area contributed by atoms with Crippen molar-refractivity contribution in [3.8, 4) is 0 Å². The van der Waals surface area contributed by atoms with E-state index in [0.29, 0.717) is 6.42 Å². The molecule has 1 N–H and O–H groups in total. The van der Waals surface area contributed by atoms with Crippen LogP contribution >= 0.6 is 0 Å². The summed E-state index contributed by atoms with van der Waals surface area (Å²) >= 11 is 0. The maximum Gasteiger partial charge on any atom is 0.223 e.